The summed E-state index contributed by atoms with van der Waals surface area (Å²) >= 11 is 0. The van der Waals surface area contributed by atoms with Crippen molar-refractivity contribution in [2.45, 2.75) is 26.3 Å². The van der Waals surface area contributed by atoms with Gasteiger partial charge in [-0.15, -0.1) is 0 Å². The molecule has 0 radical (unpaired) electrons. The minimum absolute atomic E-state index is 0.0247. The van der Waals surface area contributed by atoms with Crippen LogP contribution < -0.4 is 11.3 Å². The molecule has 2 N–H and O–H groups in total. The molecule has 0 atom stereocenters. The number of rotatable bonds is 5. The van der Waals surface area contributed by atoms with Gasteiger partial charge in [-0.05, 0) is 36.2 Å². The van der Waals surface area contributed by atoms with E-state index in [0.717, 1.165) is 24.1 Å². The molecule has 0 aliphatic carbocycles. The number of nitrogens with zero attached hydrogens (tertiary/aromatic N) is 2. The first-order chi connectivity index (χ1) is 10.0. The summed E-state index contributed by atoms with van der Waals surface area (Å²) in [6, 6.07) is 9.49. The summed E-state index contributed by atoms with van der Waals surface area (Å²) in [6.45, 7) is 2.62. The van der Waals surface area contributed by atoms with Gasteiger partial charge in [0.15, 0.2) is 0 Å². The van der Waals surface area contributed by atoms with Crippen LogP contribution in [0.2, 0.25) is 0 Å². The Labute approximate surface area is 122 Å². The van der Waals surface area contributed by atoms with Gasteiger partial charge in [0.1, 0.15) is 0 Å². The first-order valence-electron chi connectivity index (χ1n) is 6.78. The van der Waals surface area contributed by atoms with Crippen molar-refractivity contribution in [2.24, 2.45) is 0 Å². The van der Waals surface area contributed by atoms with E-state index in [-0.39, 0.29) is 16.9 Å². The van der Waals surface area contributed by atoms with E-state index < -0.39 is 4.92 Å². The monoisotopic (exact) mass is 287 g/mol. The van der Waals surface area contributed by atoms with Crippen LogP contribution in [0.25, 0.3) is 11.3 Å². The topological polar surface area (TPSA) is 91.2 Å². The van der Waals surface area contributed by atoms with Gasteiger partial charge in [0.25, 0.3) is 11.2 Å². The molecule has 6 heteroatoms. The highest BCUT2D eigenvalue weighted by atomic mass is 16.6. The van der Waals surface area contributed by atoms with E-state index in [1.54, 1.807) is 28.8 Å². The summed E-state index contributed by atoms with van der Waals surface area (Å²) in [5.74, 6) is 0. The largest absolute Gasteiger partial charge is 0.394 e. The van der Waals surface area contributed by atoms with Gasteiger partial charge in [-0.25, -0.2) is 0 Å². The van der Waals surface area contributed by atoms with Crippen molar-refractivity contribution in [1.82, 2.24) is 4.57 Å². The highest BCUT2D eigenvalue weighted by Crippen LogP contribution is 2.22. The average Bonchev–Trinajstić information content (AvgIpc) is 2.49. The maximum atomic E-state index is 12.2. The SMILES string of the molecule is CCCCn1c(-c2ccc([N+](=O)[O-])cc2)ccc(N)c1=O. The molecular weight excluding hydrogens is 270 g/mol. The lowest BCUT2D eigenvalue weighted by molar-refractivity contribution is -0.384. The molecule has 1 aromatic heterocycles. The number of non-ortho nitro benzene ring substituents is 1. The maximum Gasteiger partial charge on any atom is 0.274 e. The van der Waals surface area contributed by atoms with E-state index in [0.29, 0.717) is 6.54 Å². The Morgan fingerprint density at radius 1 is 1.19 bits per heavy atom. The molecule has 2 aromatic rings. The van der Waals surface area contributed by atoms with Crippen LogP contribution in [0.3, 0.4) is 0 Å². The molecule has 0 spiro atoms. The second-order valence-electron chi connectivity index (χ2n) is 4.79. The Kier molecular flexibility index (Phi) is 4.37. The van der Waals surface area contributed by atoms with Crippen molar-refractivity contribution in [3.8, 4) is 11.3 Å². The number of nitro benzene ring substituents is 1. The minimum Gasteiger partial charge on any atom is -0.394 e. The van der Waals surface area contributed by atoms with Gasteiger partial charge >= 0.3 is 0 Å². The zero-order valence-electron chi connectivity index (χ0n) is 11.8. The molecular formula is C15H17N3O3. The number of hydrogen-bond acceptors (Lipinski definition) is 4. The molecule has 2 rings (SSSR count). The molecule has 0 saturated heterocycles. The Morgan fingerprint density at radius 3 is 2.43 bits per heavy atom. The molecule has 6 nitrogen and oxygen atoms in total. The predicted octanol–water partition coefficient (Wildman–Crippen LogP) is 2.81. The summed E-state index contributed by atoms with van der Waals surface area (Å²) in [6.07, 6.45) is 1.82. The van der Waals surface area contributed by atoms with Crippen LogP contribution in [0.5, 0.6) is 0 Å². The number of unbranched alkanes of at least 4 members (excludes halogenated alkanes) is 1. The summed E-state index contributed by atoms with van der Waals surface area (Å²) in [7, 11) is 0. The lowest BCUT2D eigenvalue weighted by atomic mass is 10.1. The number of aromatic nitrogens is 1. The van der Waals surface area contributed by atoms with Crippen LogP contribution in [0.15, 0.2) is 41.2 Å². The van der Waals surface area contributed by atoms with E-state index in [1.165, 1.54) is 12.1 Å². The quantitative estimate of drug-likeness (QED) is 0.676. The lowest BCUT2D eigenvalue weighted by Crippen LogP contribution is -2.24. The molecule has 0 aliphatic heterocycles. The molecule has 0 amide bonds. The number of nitrogen functional groups attached to an aromatic ring is 1. The van der Waals surface area contributed by atoms with Gasteiger partial charge in [0, 0.05) is 18.7 Å². The van der Waals surface area contributed by atoms with E-state index in [4.69, 9.17) is 5.73 Å². The van der Waals surface area contributed by atoms with Gasteiger partial charge in [0.05, 0.1) is 16.3 Å². The first-order valence-corrected chi connectivity index (χ1v) is 6.78. The van der Waals surface area contributed by atoms with Crippen molar-refractivity contribution < 1.29 is 4.92 Å². The molecule has 1 aromatic carbocycles. The first kappa shape index (κ1) is 14.8. The van der Waals surface area contributed by atoms with Crippen molar-refractivity contribution >= 4 is 11.4 Å². The van der Waals surface area contributed by atoms with Gasteiger partial charge in [0.2, 0.25) is 0 Å². The highest BCUT2D eigenvalue weighted by Gasteiger charge is 2.10. The summed E-state index contributed by atoms with van der Waals surface area (Å²) < 4.78 is 1.62. The Balaban J connectivity index is 2.49. The van der Waals surface area contributed by atoms with Crippen molar-refractivity contribution in [3.05, 3.63) is 56.9 Å². The van der Waals surface area contributed by atoms with Gasteiger partial charge in [-0.2, -0.15) is 0 Å². The fraction of sp³-hybridized carbons (Fsp3) is 0.267. The third-order valence-electron chi connectivity index (χ3n) is 3.31. The number of hydrogen-bond donors (Lipinski definition) is 1. The van der Waals surface area contributed by atoms with Gasteiger partial charge in [-0.1, -0.05) is 13.3 Å². The molecule has 0 saturated carbocycles. The number of nitrogens with two attached hydrogens (primary N) is 1. The van der Waals surface area contributed by atoms with Crippen LogP contribution in [0.4, 0.5) is 11.4 Å². The second kappa shape index (κ2) is 6.21. The van der Waals surface area contributed by atoms with Gasteiger partial charge in [-0.3, -0.25) is 14.9 Å². The van der Waals surface area contributed by atoms with Crippen LogP contribution in [0.1, 0.15) is 19.8 Å². The summed E-state index contributed by atoms with van der Waals surface area (Å²) in [5.41, 5.74) is 7.17. The number of benzene rings is 1. The Hall–Kier alpha value is -2.63. The van der Waals surface area contributed by atoms with E-state index in [9.17, 15) is 14.9 Å². The van der Waals surface area contributed by atoms with Crippen LogP contribution in [-0.4, -0.2) is 9.49 Å². The molecule has 0 fully saturated rings. The molecule has 21 heavy (non-hydrogen) atoms. The highest BCUT2D eigenvalue weighted by molar-refractivity contribution is 5.63. The van der Waals surface area contributed by atoms with E-state index in [1.807, 2.05) is 6.92 Å². The number of pyridine rings is 1. The average molecular weight is 287 g/mol. The number of nitro groups is 1. The smallest absolute Gasteiger partial charge is 0.274 e. The second-order valence-corrected chi connectivity index (χ2v) is 4.79. The Bertz CT molecular complexity index is 705. The van der Waals surface area contributed by atoms with Crippen molar-refractivity contribution in [3.63, 3.8) is 0 Å². The maximum absolute atomic E-state index is 12.2. The third kappa shape index (κ3) is 3.10. The Morgan fingerprint density at radius 2 is 1.86 bits per heavy atom. The predicted molar refractivity (Wildman–Crippen MR) is 82.1 cm³/mol. The van der Waals surface area contributed by atoms with Crippen LogP contribution >= 0.6 is 0 Å². The molecule has 0 bridgehead atoms. The van der Waals surface area contributed by atoms with E-state index in [2.05, 4.69) is 0 Å². The lowest BCUT2D eigenvalue weighted by Gasteiger charge is -2.13. The molecule has 0 unspecified atom stereocenters. The van der Waals surface area contributed by atoms with Crippen LogP contribution in [-0.2, 0) is 6.54 Å². The fourth-order valence-electron chi connectivity index (χ4n) is 2.14. The minimum atomic E-state index is -0.447. The zero-order valence-corrected chi connectivity index (χ0v) is 11.8. The van der Waals surface area contributed by atoms with E-state index >= 15 is 0 Å². The fourth-order valence-corrected chi connectivity index (χ4v) is 2.14. The summed E-state index contributed by atoms with van der Waals surface area (Å²) in [5, 5.41) is 10.7. The third-order valence-corrected chi connectivity index (χ3v) is 3.31. The van der Waals surface area contributed by atoms with Gasteiger partial charge < -0.3 is 10.3 Å². The van der Waals surface area contributed by atoms with Crippen molar-refractivity contribution in [1.29, 1.82) is 0 Å². The number of anilines is 1. The van der Waals surface area contributed by atoms with Crippen LogP contribution in [0, 0.1) is 10.1 Å². The molecule has 110 valence electrons. The van der Waals surface area contributed by atoms with Crippen molar-refractivity contribution in [2.75, 3.05) is 5.73 Å². The normalized spacial score (nSPS) is 10.5. The standard InChI is InChI=1S/C15H17N3O3/c1-2-3-10-17-14(9-8-13(16)15(17)19)11-4-6-12(7-5-11)18(20)21/h4-9H,2-3,10,16H2,1H3. The zero-order chi connectivity index (χ0) is 15.4. The molecule has 0 aliphatic rings. The summed E-state index contributed by atoms with van der Waals surface area (Å²) in [4.78, 5) is 22.4. The molecule has 1 heterocycles.